The molecule has 1 aliphatic heterocycles. The van der Waals surface area contributed by atoms with Crippen LogP contribution in [0.5, 0.6) is 0 Å². The van der Waals surface area contributed by atoms with Crippen LogP contribution < -0.4 is 10.6 Å². The van der Waals surface area contributed by atoms with Crippen LogP contribution in [0, 0.1) is 5.41 Å². The molecule has 2 aromatic rings. The maximum atomic E-state index is 12.4. The summed E-state index contributed by atoms with van der Waals surface area (Å²) in [7, 11) is 0. The second-order valence-electron chi connectivity index (χ2n) is 5.87. The number of hydrogen-bond donors (Lipinski definition) is 2. The van der Waals surface area contributed by atoms with Crippen molar-refractivity contribution < 1.29 is 9.21 Å². The molecule has 0 aliphatic carbocycles. The average molecular weight is 272 g/mol. The minimum Gasteiger partial charge on any atom is -0.459 e. The summed E-state index contributed by atoms with van der Waals surface area (Å²) < 4.78 is 5.80. The quantitative estimate of drug-likeness (QED) is 0.903. The first kappa shape index (κ1) is 13.2. The molecular weight excluding hydrogens is 252 g/mol. The van der Waals surface area contributed by atoms with E-state index in [0.29, 0.717) is 0 Å². The summed E-state index contributed by atoms with van der Waals surface area (Å²) in [6.45, 7) is 5.61. The monoisotopic (exact) mass is 272 g/mol. The highest BCUT2D eigenvalue weighted by molar-refractivity contribution is 5.83. The Labute approximate surface area is 118 Å². The van der Waals surface area contributed by atoms with Crippen LogP contribution >= 0.6 is 0 Å². The summed E-state index contributed by atoms with van der Waals surface area (Å²) in [4.78, 5) is 12.4. The Morgan fingerprint density at radius 1 is 1.45 bits per heavy atom. The van der Waals surface area contributed by atoms with Gasteiger partial charge in [-0.05, 0) is 38.9 Å². The Kier molecular flexibility index (Phi) is 3.26. The highest BCUT2D eigenvalue weighted by Gasteiger charge is 2.37. The van der Waals surface area contributed by atoms with Crippen LogP contribution in [0.1, 0.15) is 32.1 Å². The van der Waals surface area contributed by atoms with Crippen molar-refractivity contribution in [1.29, 1.82) is 0 Å². The lowest BCUT2D eigenvalue weighted by Gasteiger charge is -2.23. The van der Waals surface area contributed by atoms with E-state index in [1.165, 1.54) is 0 Å². The van der Waals surface area contributed by atoms with Crippen LogP contribution in [0.15, 0.2) is 34.7 Å². The number of benzene rings is 1. The number of fused-ring (bicyclic) bond motifs is 1. The van der Waals surface area contributed by atoms with E-state index in [2.05, 4.69) is 10.6 Å². The molecule has 3 rings (SSSR count). The second kappa shape index (κ2) is 4.94. The third-order valence-electron chi connectivity index (χ3n) is 4.14. The number of hydrogen-bond acceptors (Lipinski definition) is 3. The molecule has 2 unspecified atom stereocenters. The van der Waals surface area contributed by atoms with E-state index < -0.39 is 0 Å². The number of para-hydroxylation sites is 1. The summed E-state index contributed by atoms with van der Waals surface area (Å²) in [6.07, 6.45) is 0.881. The summed E-state index contributed by atoms with van der Waals surface area (Å²) >= 11 is 0. The minimum atomic E-state index is -0.305. The fourth-order valence-electron chi connectivity index (χ4n) is 2.67. The molecule has 1 aliphatic rings. The van der Waals surface area contributed by atoms with Gasteiger partial charge in [-0.25, -0.2) is 0 Å². The number of carbonyl (C=O) groups is 1. The second-order valence-corrected chi connectivity index (χ2v) is 5.87. The number of rotatable bonds is 3. The topological polar surface area (TPSA) is 54.3 Å². The lowest BCUT2D eigenvalue weighted by Crippen LogP contribution is -2.41. The number of nitrogens with one attached hydrogen (secondary N) is 2. The third-order valence-corrected chi connectivity index (χ3v) is 4.14. The summed E-state index contributed by atoms with van der Waals surface area (Å²) in [5.74, 6) is 0.893. The van der Waals surface area contributed by atoms with Crippen LogP contribution in [-0.4, -0.2) is 19.0 Å². The summed E-state index contributed by atoms with van der Waals surface area (Å²) in [5.41, 5.74) is 0.553. The van der Waals surface area contributed by atoms with Crippen LogP contribution in [0.4, 0.5) is 0 Å². The van der Waals surface area contributed by atoms with Gasteiger partial charge in [0.2, 0.25) is 5.91 Å². The zero-order valence-electron chi connectivity index (χ0n) is 11.9. The number of carbonyl (C=O) groups excluding carboxylic acids is 1. The van der Waals surface area contributed by atoms with Crippen LogP contribution in [0.2, 0.25) is 0 Å². The zero-order valence-corrected chi connectivity index (χ0v) is 11.9. The molecule has 1 amide bonds. The lowest BCUT2D eigenvalue weighted by atomic mass is 9.88. The van der Waals surface area contributed by atoms with E-state index in [-0.39, 0.29) is 17.4 Å². The molecular formula is C16H20N2O2. The van der Waals surface area contributed by atoms with Crippen molar-refractivity contribution in [3.05, 3.63) is 36.1 Å². The smallest absolute Gasteiger partial charge is 0.227 e. The molecule has 2 atom stereocenters. The molecule has 1 aromatic carbocycles. The van der Waals surface area contributed by atoms with Crippen molar-refractivity contribution in [2.75, 3.05) is 13.1 Å². The van der Waals surface area contributed by atoms with Gasteiger partial charge in [0.15, 0.2) is 0 Å². The van der Waals surface area contributed by atoms with Gasteiger partial charge in [0.1, 0.15) is 11.3 Å². The van der Waals surface area contributed by atoms with E-state index >= 15 is 0 Å². The zero-order chi connectivity index (χ0) is 14.2. The summed E-state index contributed by atoms with van der Waals surface area (Å²) in [6, 6.07) is 9.76. The van der Waals surface area contributed by atoms with E-state index in [1.54, 1.807) is 0 Å². The first-order valence-corrected chi connectivity index (χ1v) is 7.09. The highest BCUT2D eigenvalue weighted by atomic mass is 16.3. The maximum absolute atomic E-state index is 12.4. The average Bonchev–Trinajstić information content (AvgIpc) is 3.05. The molecule has 4 heteroatoms. The third kappa shape index (κ3) is 2.31. The molecule has 4 nitrogen and oxygen atoms in total. The first-order valence-electron chi connectivity index (χ1n) is 7.09. The summed E-state index contributed by atoms with van der Waals surface area (Å²) in [5, 5.41) is 7.38. The predicted octanol–water partition coefficient (Wildman–Crippen LogP) is 2.61. The van der Waals surface area contributed by atoms with Gasteiger partial charge in [0.25, 0.3) is 0 Å². The predicted molar refractivity (Wildman–Crippen MR) is 78.4 cm³/mol. The molecule has 1 fully saturated rings. The fourth-order valence-corrected chi connectivity index (χ4v) is 2.67. The Morgan fingerprint density at radius 3 is 2.95 bits per heavy atom. The normalized spacial score (nSPS) is 23.9. The van der Waals surface area contributed by atoms with Crippen molar-refractivity contribution >= 4 is 16.9 Å². The SMILES string of the molecule is CC(NC(=O)C1(C)CCNC1)c1cc2ccccc2o1. The minimum absolute atomic E-state index is 0.0930. The number of furan rings is 1. The van der Waals surface area contributed by atoms with E-state index in [0.717, 1.165) is 36.2 Å². The van der Waals surface area contributed by atoms with Crippen molar-refractivity contribution in [3.8, 4) is 0 Å². The Hall–Kier alpha value is -1.81. The molecule has 0 spiro atoms. The van der Waals surface area contributed by atoms with Gasteiger partial charge in [-0.15, -0.1) is 0 Å². The van der Waals surface area contributed by atoms with Gasteiger partial charge in [-0.2, -0.15) is 0 Å². The van der Waals surface area contributed by atoms with Gasteiger partial charge in [-0.1, -0.05) is 18.2 Å². The largest absolute Gasteiger partial charge is 0.459 e. The maximum Gasteiger partial charge on any atom is 0.227 e. The van der Waals surface area contributed by atoms with E-state index in [1.807, 2.05) is 44.2 Å². The van der Waals surface area contributed by atoms with Crippen LogP contribution in [0.25, 0.3) is 11.0 Å². The van der Waals surface area contributed by atoms with Crippen molar-refractivity contribution in [2.45, 2.75) is 26.3 Å². The van der Waals surface area contributed by atoms with Gasteiger partial charge in [-0.3, -0.25) is 4.79 Å². The van der Waals surface area contributed by atoms with Gasteiger partial charge < -0.3 is 15.1 Å². The molecule has 2 N–H and O–H groups in total. The molecule has 1 saturated heterocycles. The lowest BCUT2D eigenvalue weighted by molar-refractivity contribution is -0.130. The number of amides is 1. The van der Waals surface area contributed by atoms with Crippen LogP contribution in [-0.2, 0) is 4.79 Å². The van der Waals surface area contributed by atoms with Gasteiger partial charge in [0.05, 0.1) is 11.5 Å². The van der Waals surface area contributed by atoms with Gasteiger partial charge in [0, 0.05) is 11.9 Å². The van der Waals surface area contributed by atoms with Crippen molar-refractivity contribution in [3.63, 3.8) is 0 Å². The van der Waals surface area contributed by atoms with Gasteiger partial charge >= 0.3 is 0 Å². The molecule has 0 radical (unpaired) electrons. The standard InChI is InChI=1S/C16H20N2O2/c1-11(18-15(19)16(2)7-8-17-10-16)14-9-12-5-3-4-6-13(12)20-14/h3-6,9,11,17H,7-8,10H2,1-2H3,(H,18,19). The molecule has 1 aromatic heterocycles. The Bertz CT molecular complexity index is 593. The molecule has 20 heavy (non-hydrogen) atoms. The van der Waals surface area contributed by atoms with Crippen molar-refractivity contribution in [2.24, 2.45) is 5.41 Å². The Balaban J connectivity index is 1.75. The first-order chi connectivity index (χ1) is 9.58. The molecule has 106 valence electrons. The molecule has 0 bridgehead atoms. The van der Waals surface area contributed by atoms with Crippen LogP contribution in [0.3, 0.4) is 0 Å². The highest BCUT2D eigenvalue weighted by Crippen LogP contribution is 2.28. The van der Waals surface area contributed by atoms with E-state index in [9.17, 15) is 4.79 Å². The van der Waals surface area contributed by atoms with E-state index in [4.69, 9.17) is 4.42 Å². The van der Waals surface area contributed by atoms with Crippen molar-refractivity contribution in [1.82, 2.24) is 10.6 Å². The molecule has 0 saturated carbocycles. The molecule has 2 heterocycles. The fraction of sp³-hybridized carbons (Fsp3) is 0.438. The Morgan fingerprint density at radius 2 is 2.25 bits per heavy atom.